The Bertz CT molecular complexity index is 264. The molecule has 0 radical (unpaired) electrons. The van der Waals surface area contributed by atoms with Gasteiger partial charge in [-0.2, -0.15) is 0 Å². The van der Waals surface area contributed by atoms with Crippen LogP contribution in [0.2, 0.25) is 0 Å². The van der Waals surface area contributed by atoms with E-state index in [4.69, 9.17) is 5.11 Å². The molecule has 0 spiro atoms. The predicted molar refractivity (Wildman–Crippen MR) is 70.5 cm³/mol. The van der Waals surface area contributed by atoms with Crippen LogP contribution in [0, 0.1) is 0 Å². The van der Waals surface area contributed by atoms with E-state index in [-0.39, 0.29) is 12.4 Å². The van der Waals surface area contributed by atoms with E-state index >= 15 is 0 Å². The highest BCUT2D eigenvalue weighted by Crippen LogP contribution is 1.95. The van der Waals surface area contributed by atoms with E-state index in [0.29, 0.717) is 19.4 Å². The highest BCUT2D eigenvalue weighted by Gasteiger charge is 2.08. The summed E-state index contributed by atoms with van der Waals surface area (Å²) < 4.78 is 25.6. The van der Waals surface area contributed by atoms with Gasteiger partial charge in [0.05, 0.1) is 5.75 Å². The van der Waals surface area contributed by atoms with E-state index in [0.717, 1.165) is 26.1 Å². The van der Waals surface area contributed by atoms with Gasteiger partial charge < -0.3 is 10.0 Å². The van der Waals surface area contributed by atoms with Crippen LogP contribution in [0.5, 0.6) is 0 Å². The molecule has 0 aliphatic carbocycles. The van der Waals surface area contributed by atoms with Crippen molar-refractivity contribution < 1.29 is 13.5 Å². The van der Waals surface area contributed by atoms with Crippen LogP contribution in [0.4, 0.5) is 0 Å². The first-order valence-corrected chi connectivity index (χ1v) is 8.01. The summed E-state index contributed by atoms with van der Waals surface area (Å²) in [4.78, 5) is 2.26. The third kappa shape index (κ3) is 9.52. The Morgan fingerprint density at radius 2 is 1.76 bits per heavy atom. The van der Waals surface area contributed by atoms with Crippen LogP contribution in [0.25, 0.3) is 0 Å². The SMILES string of the molecule is CCN(CC)CCCNS(=O)(=O)CCCCO. The fraction of sp³-hybridized carbons (Fsp3) is 1.00. The first kappa shape index (κ1) is 16.8. The highest BCUT2D eigenvalue weighted by molar-refractivity contribution is 7.89. The number of unbranched alkanes of at least 4 members (excludes halogenated alkanes) is 1. The summed E-state index contributed by atoms with van der Waals surface area (Å²) in [5.41, 5.74) is 0. The normalized spacial score (nSPS) is 12.2. The number of nitrogens with zero attached hydrogens (tertiary/aromatic N) is 1. The molecule has 5 nitrogen and oxygen atoms in total. The van der Waals surface area contributed by atoms with Crippen LogP contribution in [-0.2, 0) is 10.0 Å². The van der Waals surface area contributed by atoms with Crippen LogP contribution in [0.1, 0.15) is 33.1 Å². The van der Waals surface area contributed by atoms with Gasteiger partial charge in [-0.05, 0) is 38.9 Å². The van der Waals surface area contributed by atoms with Crippen molar-refractivity contribution in [1.82, 2.24) is 9.62 Å². The minimum atomic E-state index is -3.14. The summed E-state index contributed by atoms with van der Waals surface area (Å²) in [5.74, 6) is 0.110. The predicted octanol–water partition coefficient (Wildman–Crippen LogP) is 0.410. The van der Waals surface area contributed by atoms with E-state index in [1.165, 1.54) is 0 Å². The fourth-order valence-electron chi connectivity index (χ4n) is 1.55. The maximum Gasteiger partial charge on any atom is 0.211 e. The fourth-order valence-corrected chi connectivity index (χ4v) is 2.73. The molecule has 0 aliphatic rings. The number of aliphatic hydroxyl groups excluding tert-OH is 1. The lowest BCUT2D eigenvalue weighted by Gasteiger charge is -2.17. The zero-order valence-electron chi connectivity index (χ0n) is 11.0. The summed E-state index contributed by atoms with van der Waals surface area (Å²) in [6.07, 6.45) is 1.89. The van der Waals surface area contributed by atoms with Crippen molar-refractivity contribution in [3.8, 4) is 0 Å². The van der Waals surface area contributed by atoms with Crippen LogP contribution in [-0.4, -0.2) is 57.0 Å². The molecule has 0 fully saturated rings. The van der Waals surface area contributed by atoms with Gasteiger partial charge in [0, 0.05) is 13.2 Å². The Morgan fingerprint density at radius 3 is 2.29 bits per heavy atom. The molecule has 0 saturated carbocycles. The largest absolute Gasteiger partial charge is 0.396 e. The summed E-state index contributed by atoms with van der Waals surface area (Å²) in [6.45, 7) is 7.67. The molecular formula is C11H26N2O3S. The Balaban J connectivity index is 3.65. The van der Waals surface area contributed by atoms with E-state index in [1.54, 1.807) is 0 Å². The number of sulfonamides is 1. The lowest BCUT2D eigenvalue weighted by Crippen LogP contribution is -2.31. The summed E-state index contributed by atoms with van der Waals surface area (Å²) in [5, 5.41) is 8.57. The van der Waals surface area contributed by atoms with Gasteiger partial charge >= 0.3 is 0 Å². The van der Waals surface area contributed by atoms with Crippen LogP contribution in [0.15, 0.2) is 0 Å². The Labute approximate surface area is 105 Å². The molecule has 0 saturated heterocycles. The zero-order chi connectivity index (χ0) is 13.1. The van der Waals surface area contributed by atoms with E-state index in [9.17, 15) is 8.42 Å². The van der Waals surface area contributed by atoms with Crippen molar-refractivity contribution in [2.75, 3.05) is 38.5 Å². The van der Waals surface area contributed by atoms with E-state index in [2.05, 4.69) is 23.5 Å². The maximum absolute atomic E-state index is 11.5. The van der Waals surface area contributed by atoms with Crippen LogP contribution >= 0.6 is 0 Å². The van der Waals surface area contributed by atoms with Gasteiger partial charge in [0.25, 0.3) is 0 Å². The van der Waals surface area contributed by atoms with Crippen molar-refractivity contribution in [3.63, 3.8) is 0 Å². The quantitative estimate of drug-likeness (QED) is 0.532. The Kier molecular flexibility index (Phi) is 9.72. The lowest BCUT2D eigenvalue weighted by atomic mass is 10.4. The van der Waals surface area contributed by atoms with Crippen molar-refractivity contribution in [3.05, 3.63) is 0 Å². The molecule has 104 valence electrons. The van der Waals surface area contributed by atoms with Gasteiger partial charge in [-0.15, -0.1) is 0 Å². The smallest absolute Gasteiger partial charge is 0.211 e. The number of nitrogens with one attached hydrogen (secondary N) is 1. The summed E-state index contributed by atoms with van der Waals surface area (Å²) >= 11 is 0. The third-order valence-corrected chi connectivity index (χ3v) is 4.16. The molecule has 0 atom stereocenters. The van der Waals surface area contributed by atoms with Gasteiger partial charge in [-0.25, -0.2) is 13.1 Å². The highest BCUT2D eigenvalue weighted by atomic mass is 32.2. The van der Waals surface area contributed by atoms with Gasteiger partial charge in [-0.1, -0.05) is 13.8 Å². The second-order valence-corrected chi connectivity index (χ2v) is 5.95. The molecule has 0 aliphatic heterocycles. The molecule has 0 aromatic rings. The number of hydrogen-bond acceptors (Lipinski definition) is 4. The van der Waals surface area contributed by atoms with Crippen molar-refractivity contribution in [2.24, 2.45) is 0 Å². The topological polar surface area (TPSA) is 69.6 Å². The molecule has 0 amide bonds. The number of hydrogen-bond donors (Lipinski definition) is 2. The van der Waals surface area contributed by atoms with Gasteiger partial charge in [-0.3, -0.25) is 0 Å². The van der Waals surface area contributed by atoms with E-state index in [1.807, 2.05) is 0 Å². The molecule has 0 rings (SSSR count). The molecule has 0 aromatic carbocycles. The van der Waals surface area contributed by atoms with E-state index < -0.39 is 10.0 Å². The third-order valence-electron chi connectivity index (χ3n) is 2.69. The second kappa shape index (κ2) is 9.82. The standard InChI is InChI=1S/C11H26N2O3S/c1-3-13(4-2)9-7-8-12-17(15,16)11-6-5-10-14/h12,14H,3-11H2,1-2H3. The molecule has 0 heterocycles. The molecule has 2 N–H and O–H groups in total. The van der Waals surface area contributed by atoms with Gasteiger partial charge in [0.1, 0.15) is 0 Å². The molecular weight excluding hydrogens is 240 g/mol. The van der Waals surface area contributed by atoms with Gasteiger partial charge in [0.15, 0.2) is 0 Å². The molecule has 6 heteroatoms. The first-order valence-electron chi connectivity index (χ1n) is 6.36. The Morgan fingerprint density at radius 1 is 1.12 bits per heavy atom. The van der Waals surface area contributed by atoms with Crippen molar-refractivity contribution >= 4 is 10.0 Å². The number of rotatable bonds is 11. The minimum Gasteiger partial charge on any atom is -0.396 e. The zero-order valence-corrected chi connectivity index (χ0v) is 11.8. The average Bonchev–Trinajstić information content (AvgIpc) is 2.29. The van der Waals surface area contributed by atoms with Crippen LogP contribution < -0.4 is 4.72 Å². The minimum absolute atomic E-state index is 0.0531. The summed E-state index contributed by atoms with van der Waals surface area (Å²) in [7, 11) is -3.14. The second-order valence-electron chi connectivity index (χ2n) is 4.02. The average molecular weight is 266 g/mol. The first-order chi connectivity index (χ1) is 8.05. The lowest BCUT2D eigenvalue weighted by molar-refractivity contribution is 0.287. The van der Waals surface area contributed by atoms with Crippen molar-refractivity contribution in [2.45, 2.75) is 33.1 Å². The Hall–Kier alpha value is -0.170. The molecule has 0 bridgehead atoms. The van der Waals surface area contributed by atoms with Crippen LogP contribution in [0.3, 0.4) is 0 Å². The monoisotopic (exact) mass is 266 g/mol. The van der Waals surface area contributed by atoms with Gasteiger partial charge in [0.2, 0.25) is 10.0 Å². The maximum atomic E-state index is 11.5. The van der Waals surface area contributed by atoms with Crippen molar-refractivity contribution in [1.29, 1.82) is 0 Å². The molecule has 0 aromatic heterocycles. The number of aliphatic hydroxyl groups is 1. The molecule has 17 heavy (non-hydrogen) atoms. The molecule has 0 unspecified atom stereocenters. The summed E-state index contributed by atoms with van der Waals surface area (Å²) in [6, 6.07) is 0.